The smallest absolute Gasteiger partial charge is 1.00 e. The summed E-state index contributed by atoms with van der Waals surface area (Å²) >= 11 is 0. The third-order valence-electron chi connectivity index (χ3n) is 26.0. The molecule has 0 amide bonds. The number of aromatic nitrogens is 12. The predicted molar refractivity (Wildman–Crippen MR) is 542 cm³/mol. The van der Waals surface area contributed by atoms with Crippen molar-refractivity contribution < 1.29 is 96.6 Å². The van der Waals surface area contributed by atoms with E-state index in [4.69, 9.17) is 47.1 Å². The number of nitrogens with one attached hydrogen (secondary N) is 9. The van der Waals surface area contributed by atoms with E-state index in [0.29, 0.717) is 34.2 Å². The van der Waals surface area contributed by atoms with E-state index in [9.17, 15) is 59.4 Å². The molecule has 6 aliphatic heterocycles. The van der Waals surface area contributed by atoms with Gasteiger partial charge < -0.3 is 144 Å². The van der Waals surface area contributed by atoms with E-state index in [1.54, 1.807) is 0 Å². The van der Waals surface area contributed by atoms with Crippen molar-refractivity contribution in [1.29, 1.82) is 0 Å². The third-order valence-corrected chi connectivity index (χ3v) is 26.0. The van der Waals surface area contributed by atoms with Crippen molar-refractivity contribution in [2.75, 3.05) is 21.1 Å². The van der Waals surface area contributed by atoms with Crippen LogP contribution in [0.25, 0.3) is 150 Å². The van der Waals surface area contributed by atoms with Crippen molar-refractivity contribution in [3.63, 3.8) is 0 Å². The second kappa shape index (κ2) is 55.5. The molecule has 34 heteroatoms. The Labute approximate surface area is 906 Å². The number of aryl methyl sites for hydroxylation is 12. The van der Waals surface area contributed by atoms with Gasteiger partial charge in [0.25, 0.3) is 0 Å². The number of hydrogen-bond donors (Lipinski definition) is 6. The van der Waals surface area contributed by atoms with Crippen LogP contribution in [0.5, 0.6) is 0 Å². The summed E-state index contributed by atoms with van der Waals surface area (Å²) in [7, 11) is 3.75. The van der Waals surface area contributed by atoms with Gasteiger partial charge in [0.15, 0.2) is 0 Å². The molecule has 0 fully saturated rings. The van der Waals surface area contributed by atoms with Crippen LogP contribution in [0, 0.1) is 41.5 Å². The van der Waals surface area contributed by atoms with Crippen molar-refractivity contribution in [1.82, 2.24) is 59.8 Å². The Bertz CT molecular complexity index is 6260. The van der Waals surface area contributed by atoms with Crippen molar-refractivity contribution in [2.24, 2.45) is 0 Å². The molecule has 0 aromatic carbocycles. The largest absolute Gasteiger partial charge is 3.00 e. The minimum atomic E-state index is -1.13. The third kappa shape index (κ3) is 27.8. The average molecular weight is 2350 g/mol. The van der Waals surface area contributed by atoms with Gasteiger partial charge in [-0.1, -0.05) is 41.5 Å². The Hall–Kier alpha value is -9.15. The summed E-state index contributed by atoms with van der Waals surface area (Å²) in [5.41, 5.74) is 62.0. The zero-order valence-corrected chi connectivity index (χ0v) is 98.6. The molecule has 0 unspecified atom stereocenters. The number of carbonyl (C=O) groups is 6. The zero-order valence-electron chi connectivity index (χ0n) is 83.2. The number of halogens is 3. The number of hydrogen-bond acceptors (Lipinski definition) is 18. The molecule has 9 aromatic heterocycles. The van der Waals surface area contributed by atoms with Gasteiger partial charge in [-0.2, -0.15) is 21.1 Å². The Balaban J connectivity index is 0.000000509. The minimum Gasteiger partial charge on any atom is -1.00 e. The van der Waals surface area contributed by atoms with Crippen LogP contribution in [0.4, 0.5) is 0 Å². The first-order chi connectivity index (χ1) is 63.0. The van der Waals surface area contributed by atoms with Crippen LogP contribution in [-0.2, 0) is 67.3 Å². The number of carboxylic acid groups (broad SMARTS) is 6. The molecule has 0 spiro atoms. The van der Waals surface area contributed by atoms with Crippen molar-refractivity contribution in [3.05, 3.63) is 225 Å². The fourth-order valence-corrected chi connectivity index (χ4v) is 18.6. The quantitative estimate of drug-likeness (QED) is 0.0379. The Kier molecular flexibility index (Phi) is 49.5. The molecule has 720 valence electrons. The molecule has 0 radical (unpaired) electrons. The molecule has 6 aliphatic rings. The summed E-state index contributed by atoms with van der Waals surface area (Å²) in [5.74, 6) is -6.75. The van der Waals surface area contributed by atoms with E-state index in [0.717, 1.165) is 222 Å². The molecule has 9 N–H and O–H groups in total. The second-order valence-electron chi connectivity index (χ2n) is 33.3. The molecule has 9 aromatic rings. The summed E-state index contributed by atoms with van der Waals surface area (Å²) in [5, 5.41) is 68.5. The van der Waals surface area contributed by atoms with E-state index in [2.05, 4.69) is 131 Å². The summed E-state index contributed by atoms with van der Waals surface area (Å²) < 4.78 is 0. The maximum absolute atomic E-state index is 11.4. The fourth-order valence-electron chi connectivity index (χ4n) is 18.6. The number of H-pyrrole nitrogens is 6. The van der Waals surface area contributed by atoms with Crippen molar-refractivity contribution in [3.8, 4) is 0 Å². The number of carbonyl (C=O) groups excluding carboxylic acids is 6. The summed E-state index contributed by atoms with van der Waals surface area (Å²) in [6.07, 6.45) is 5.88. The zero-order chi connectivity index (χ0) is 96.9. The summed E-state index contributed by atoms with van der Waals surface area (Å²) in [4.78, 5) is 120. The van der Waals surface area contributed by atoms with Gasteiger partial charge in [0.2, 0.25) is 0 Å². The van der Waals surface area contributed by atoms with Gasteiger partial charge in [0.05, 0.1) is 68.3 Å². The van der Waals surface area contributed by atoms with E-state index in [1.807, 2.05) is 96.1 Å². The molecule has 0 atom stereocenters. The maximum atomic E-state index is 11.4. The molecule has 139 heavy (non-hydrogen) atoms. The number of carboxylic acids is 6. The van der Waals surface area contributed by atoms with Crippen LogP contribution < -0.4 is 67.9 Å². The van der Waals surface area contributed by atoms with E-state index in [-0.39, 0.29) is 218 Å². The monoisotopic (exact) mass is 2350 g/mol. The predicted octanol–water partition coefficient (Wildman–Crippen LogP) is 6.43. The number of fused-ring (bicyclic) bond motifs is 24. The molecule has 0 saturated carbocycles. The van der Waals surface area contributed by atoms with E-state index >= 15 is 0 Å². The van der Waals surface area contributed by atoms with Crippen molar-refractivity contribution in [2.45, 2.75) is 240 Å². The van der Waals surface area contributed by atoms with Crippen LogP contribution in [0.3, 0.4) is 0 Å². The van der Waals surface area contributed by atoms with Crippen LogP contribution in [0.15, 0.2) is 72.8 Å². The molecular weight excluding hydrogens is 2230 g/mol. The summed E-state index contributed by atoms with van der Waals surface area (Å²) in [6, 6.07) is 24.3. The fraction of sp³-hybridized carbons (Fsp3) is 0.371. The normalized spacial score (nSPS) is 12.2. The molecule has 0 aliphatic carbocycles. The SMILES string of the molecule is CCc1c(C)c2cc3[nH]c(cc4nc(cc5nc(cc1[nH]2)C(C)=C5CCC(=O)[O-])C(CCC(=O)[O-])=C4C)c(C)c3CC.CCc1c(C)c2cc3[nH]c(cc4nc(cc5nc(cc1[nH]2)C(C)=C5CCC(=O)[O-])C(CCC(=O)[O-])=C4C)c(C)c3CC.CCc1c(C)c2cc3[nH]c(cc4nc(cc5nc(cc1[nH]2)C(C)=C5CCC(=O)[O-])C(CCC(=O)[O-])=C4C)c(C)c3CC.C[NH-].C[NH-].C[NH-].[Cl-].[Cl-].[Cl-].[In+3].[In+3].[In+3].[In+3]. The van der Waals surface area contributed by atoms with Gasteiger partial charge >= 0.3 is 103 Å². The Morgan fingerprint density at radius 1 is 0.216 bits per heavy atom. The summed E-state index contributed by atoms with van der Waals surface area (Å²) in [6.45, 7) is 37.3. The number of nitrogens with zero attached hydrogens (tertiary/aromatic N) is 6. The van der Waals surface area contributed by atoms with E-state index in [1.165, 1.54) is 71.2 Å². The number of aromatic amines is 6. The van der Waals surface area contributed by atoms with E-state index < -0.39 is 35.8 Å². The number of allylic oxidation sites excluding steroid dienone is 12. The van der Waals surface area contributed by atoms with Gasteiger partial charge in [0.1, 0.15) is 0 Å². The number of rotatable bonds is 24. The van der Waals surface area contributed by atoms with Gasteiger partial charge in [-0.15, -0.1) is 0 Å². The van der Waals surface area contributed by atoms with Gasteiger partial charge in [0, 0.05) is 102 Å². The van der Waals surface area contributed by atoms with Crippen molar-refractivity contribution >= 4 is 272 Å². The van der Waals surface area contributed by atoms with Crippen LogP contribution in [0.2, 0.25) is 0 Å². The van der Waals surface area contributed by atoms with Gasteiger partial charge in [-0.3, -0.25) is 0 Å². The first-order valence-electron chi connectivity index (χ1n) is 45.2. The van der Waals surface area contributed by atoms with Gasteiger partial charge in [-0.05, 0) is 405 Å². The molecule has 15 rings (SSSR count). The van der Waals surface area contributed by atoms with Crippen LogP contribution in [-0.4, -0.2) is 220 Å². The van der Waals surface area contributed by atoms with Crippen LogP contribution in [0.1, 0.15) is 295 Å². The minimum absolute atomic E-state index is 0. The maximum Gasteiger partial charge on any atom is 3.00 e. The standard InChI is InChI=1S/3C34H38N4O4.3CH4N.3ClH.4In/c3*1-7-21-17(3)25-13-26-19(5)23(9-11-33(39)40)31(37-26)16-32-24(10-12-34(41)42)20(6)28(38-32)15-30-22(8-2)18(4)27(36-30)14-29(21)35-25;3*1-2;;;;;;;/h3*13-16,35-36H,7-12H2,1-6H3,(H,39,40)(H,41,42);3*2H,1H3;3*1H;;;;/q;;;3*-1;;;;4*+3/p-9. The molecule has 15 heterocycles. The van der Waals surface area contributed by atoms with Gasteiger partial charge in [-0.25, -0.2) is 29.9 Å². The molecule has 0 saturated heterocycles. The molecule has 24 bridgehead atoms. The Morgan fingerprint density at radius 3 is 0.468 bits per heavy atom. The topological polar surface area (TPSA) is 484 Å². The second-order valence-corrected chi connectivity index (χ2v) is 33.3. The first-order valence-corrected chi connectivity index (χ1v) is 45.2. The molecular formula is C105H120Cl3In4N15O12. The van der Waals surface area contributed by atoms with Crippen LogP contribution >= 0.6 is 0 Å². The Morgan fingerprint density at radius 2 is 0.338 bits per heavy atom. The number of aliphatic carboxylic acids is 6. The average Bonchev–Trinajstić information content (AvgIpc) is 1.62. The molecule has 27 nitrogen and oxygen atoms in total. The first kappa shape index (κ1) is 124.